The van der Waals surface area contributed by atoms with Crippen LogP contribution in [0.5, 0.6) is 5.75 Å². The van der Waals surface area contributed by atoms with E-state index in [1.54, 1.807) is 39.0 Å². The summed E-state index contributed by atoms with van der Waals surface area (Å²) in [5.74, 6) is 0.470. The topological polar surface area (TPSA) is 69.4 Å². The summed E-state index contributed by atoms with van der Waals surface area (Å²) in [4.78, 5) is 0. The number of nitrogens with two attached hydrogens (primary N) is 1. The fraction of sp³-hybridized carbons (Fsp3) is 0.500. The fourth-order valence-electron chi connectivity index (χ4n) is 1.30. The van der Waals surface area contributed by atoms with E-state index in [1.165, 1.54) is 7.11 Å². The molecule has 0 aromatic heterocycles. The standard InChI is InChI=1S/C12H19NO3S/c1-12(2,3)17(14,15)8-9-5-6-10(13)7-11(9)16-4/h5-7H,8,13H2,1-4H3. The molecule has 1 rings (SSSR count). The lowest BCUT2D eigenvalue weighted by Gasteiger charge is -2.20. The molecule has 0 amide bonds. The van der Waals surface area contributed by atoms with Gasteiger partial charge in [0.15, 0.2) is 9.84 Å². The van der Waals surface area contributed by atoms with E-state index in [1.807, 2.05) is 0 Å². The van der Waals surface area contributed by atoms with Gasteiger partial charge in [0, 0.05) is 17.3 Å². The van der Waals surface area contributed by atoms with Crippen LogP contribution in [-0.2, 0) is 15.6 Å². The largest absolute Gasteiger partial charge is 0.496 e. The van der Waals surface area contributed by atoms with Crippen molar-refractivity contribution in [3.8, 4) is 5.75 Å². The molecule has 1 aromatic carbocycles. The van der Waals surface area contributed by atoms with Gasteiger partial charge < -0.3 is 10.5 Å². The van der Waals surface area contributed by atoms with E-state index in [2.05, 4.69) is 0 Å². The van der Waals surface area contributed by atoms with Gasteiger partial charge in [-0.15, -0.1) is 0 Å². The number of sulfone groups is 1. The van der Waals surface area contributed by atoms with E-state index < -0.39 is 14.6 Å². The quantitative estimate of drug-likeness (QED) is 0.841. The Morgan fingerprint density at radius 1 is 1.29 bits per heavy atom. The van der Waals surface area contributed by atoms with Crippen molar-refractivity contribution in [1.82, 2.24) is 0 Å². The maximum absolute atomic E-state index is 12.1. The lowest BCUT2D eigenvalue weighted by Crippen LogP contribution is -2.29. The van der Waals surface area contributed by atoms with E-state index in [-0.39, 0.29) is 5.75 Å². The van der Waals surface area contributed by atoms with Crippen molar-refractivity contribution in [2.24, 2.45) is 0 Å². The Hall–Kier alpha value is -1.23. The first-order chi connectivity index (χ1) is 7.67. The first-order valence-corrected chi connectivity index (χ1v) is 6.97. The van der Waals surface area contributed by atoms with E-state index in [0.29, 0.717) is 17.0 Å². The van der Waals surface area contributed by atoms with E-state index in [4.69, 9.17) is 10.5 Å². The van der Waals surface area contributed by atoms with Crippen molar-refractivity contribution >= 4 is 15.5 Å². The van der Waals surface area contributed by atoms with Crippen LogP contribution in [0.3, 0.4) is 0 Å². The molecule has 0 heterocycles. The number of ether oxygens (including phenoxy) is 1. The summed E-state index contributed by atoms with van der Waals surface area (Å²) in [5.41, 5.74) is 6.81. The second-order valence-corrected chi connectivity index (χ2v) is 7.69. The maximum atomic E-state index is 12.1. The van der Waals surface area contributed by atoms with Crippen LogP contribution in [-0.4, -0.2) is 20.3 Å². The minimum Gasteiger partial charge on any atom is -0.496 e. The van der Waals surface area contributed by atoms with Crippen LogP contribution in [0.15, 0.2) is 18.2 Å². The average molecular weight is 257 g/mol. The molecule has 0 unspecified atom stereocenters. The lowest BCUT2D eigenvalue weighted by atomic mass is 10.2. The van der Waals surface area contributed by atoms with Crippen molar-refractivity contribution in [2.75, 3.05) is 12.8 Å². The molecule has 17 heavy (non-hydrogen) atoms. The molecule has 0 aliphatic carbocycles. The van der Waals surface area contributed by atoms with E-state index in [0.717, 1.165) is 0 Å². The summed E-state index contributed by atoms with van der Waals surface area (Å²) in [5, 5.41) is 0. The molecular weight excluding hydrogens is 238 g/mol. The summed E-state index contributed by atoms with van der Waals surface area (Å²) in [7, 11) is -1.72. The van der Waals surface area contributed by atoms with Crippen LogP contribution in [0.4, 0.5) is 5.69 Å². The van der Waals surface area contributed by atoms with E-state index >= 15 is 0 Å². The Morgan fingerprint density at radius 2 is 1.88 bits per heavy atom. The Bertz CT molecular complexity index is 501. The highest BCUT2D eigenvalue weighted by molar-refractivity contribution is 7.91. The van der Waals surface area contributed by atoms with Crippen molar-refractivity contribution in [3.05, 3.63) is 23.8 Å². The van der Waals surface area contributed by atoms with Gasteiger partial charge >= 0.3 is 0 Å². The predicted octanol–water partition coefficient (Wildman–Crippen LogP) is 1.99. The summed E-state index contributed by atoms with van der Waals surface area (Å²) in [6.45, 7) is 5.06. The van der Waals surface area contributed by atoms with Crippen molar-refractivity contribution in [1.29, 1.82) is 0 Å². The van der Waals surface area contributed by atoms with Crippen molar-refractivity contribution < 1.29 is 13.2 Å². The van der Waals surface area contributed by atoms with Gasteiger partial charge in [-0.3, -0.25) is 0 Å². The zero-order valence-electron chi connectivity index (χ0n) is 10.6. The third-order valence-corrected chi connectivity index (χ3v) is 5.15. The highest BCUT2D eigenvalue weighted by Crippen LogP contribution is 2.27. The summed E-state index contributed by atoms with van der Waals surface area (Å²) < 4.78 is 28.5. The summed E-state index contributed by atoms with van der Waals surface area (Å²) in [6.07, 6.45) is 0. The van der Waals surface area contributed by atoms with Crippen LogP contribution in [0.1, 0.15) is 26.3 Å². The molecular formula is C12H19NO3S. The van der Waals surface area contributed by atoms with Gasteiger partial charge in [-0.2, -0.15) is 0 Å². The van der Waals surface area contributed by atoms with Crippen LogP contribution in [0.25, 0.3) is 0 Å². The summed E-state index contributed by atoms with van der Waals surface area (Å²) in [6, 6.07) is 5.00. The summed E-state index contributed by atoms with van der Waals surface area (Å²) >= 11 is 0. The smallest absolute Gasteiger partial charge is 0.159 e. The minimum absolute atomic E-state index is 0.0417. The molecule has 0 aliphatic rings. The van der Waals surface area contributed by atoms with Gasteiger partial charge in [-0.1, -0.05) is 6.07 Å². The van der Waals surface area contributed by atoms with Gasteiger partial charge in [-0.25, -0.2) is 8.42 Å². The van der Waals surface area contributed by atoms with Crippen LogP contribution in [0, 0.1) is 0 Å². The SMILES string of the molecule is COc1cc(N)ccc1CS(=O)(=O)C(C)(C)C. The molecule has 5 heteroatoms. The molecule has 1 aromatic rings. The van der Waals surface area contributed by atoms with Crippen LogP contribution >= 0.6 is 0 Å². The molecule has 0 radical (unpaired) electrons. The Labute approximate surface area is 103 Å². The molecule has 96 valence electrons. The maximum Gasteiger partial charge on any atom is 0.159 e. The molecule has 0 fully saturated rings. The Kier molecular flexibility index (Phi) is 3.71. The first kappa shape index (κ1) is 13.8. The predicted molar refractivity (Wildman–Crippen MR) is 69.8 cm³/mol. The Morgan fingerprint density at radius 3 is 2.35 bits per heavy atom. The highest BCUT2D eigenvalue weighted by atomic mass is 32.2. The minimum atomic E-state index is -3.22. The molecule has 0 atom stereocenters. The molecule has 0 bridgehead atoms. The second kappa shape index (κ2) is 4.56. The number of hydrogen-bond acceptors (Lipinski definition) is 4. The first-order valence-electron chi connectivity index (χ1n) is 5.32. The average Bonchev–Trinajstić information content (AvgIpc) is 2.18. The number of hydrogen-bond donors (Lipinski definition) is 1. The number of nitrogen functional groups attached to an aromatic ring is 1. The third kappa shape index (κ3) is 3.12. The van der Waals surface area contributed by atoms with Gasteiger partial charge in [0.2, 0.25) is 0 Å². The molecule has 4 nitrogen and oxygen atoms in total. The lowest BCUT2D eigenvalue weighted by molar-refractivity contribution is 0.411. The van der Waals surface area contributed by atoms with Crippen LogP contribution < -0.4 is 10.5 Å². The van der Waals surface area contributed by atoms with Gasteiger partial charge in [-0.05, 0) is 26.8 Å². The molecule has 0 aliphatic heterocycles. The van der Waals surface area contributed by atoms with Crippen molar-refractivity contribution in [2.45, 2.75) is 31.3 Å². The Balaban J connectivity index is 3.13. The van der Waals surface area contributed by atoms with E-state index in [9.17, 15) is 8.42 Å². The monoisotopic (exact) mass is 257 g/mol. The zero-order chi connectivity index (χ0) is 13.3. The van der Waals surface area contributed by atoms with Gasteiger partial charge in [0.1, 0.15) is 5.75 Å². The third-order valence-electron chi connectivity index (χ3n) is 2.59. The highest BCUT2D eigenvalue weighted by Gasteiger charge is 2.29. The molecule has 0 saturated heterocycles. The molecule has 0 saturated carbocycles. The van der Waals surface area contributed by atoms with Crippen molar-refractivity contribution in [3.63, 3.8) is 0 Å². The van der Waals surface area contributed by atoms with Gasteiger partial charge in [0.25, 0.3) is 0 Å². The molecule has 2 N–H and O–H groups in total. The number of methoxy groups -OCH3 is 1. The van der Waals surface area contributed by atoms with Crippen LogP contribution in [0.2, 0.25) is 0 Å². The number of anilines is 1. The normalized spacial score (nSPS) is 12.5. The number of benzene rings is 1. The second-order valence-electron chi connectivity index (χ2n) is 4.94. The van der Waals surface area contributed by atoms with Gasteiger partial charge in [0.05, 0.1) is 17.6 Å². The number of rotatable bonds is 3. The zero-order valence-corrected chi connectivity index (χ0v) is 11.5. The fourth-order valence-corrected chi connectivity index (χ4v) is 2.38. The molecule has 0 spiro atoms.